The standard InChI is InChI=1S/C11H14N2O3/c1-9(11(14)13-6-3-7-15-13)16-10-4-2-5-12-8-10/h2,4-5,8-9H,3,6-7H2,1H3. The molecule has 1 aromatic rings. The first-order valence-electron chi connectivity index (χ1n) is 5.28. The van der Waals surface area contributed by atoms with E-state index in [1.807, 2.05) is 0 Å². The fraction of sp³-hybridized carbons (Fsp3) is 0.455. The van der Waals surface area contributed by atoms with Crippen LogP contribution in [0.1, 0.15) is 13.3 Å². The number of hydrogen-bond donors (Lipinski definition) is 0. The van der Waals surface area contributed by atoms with E-state index >= 15 is 0 Å². The van der Waals surface area contributed by atoms with Gasteiger partial charge in [0.25, 0.3) is 5.91 Å². The van der Waals surface area contributed by atoms with Gasteiger partial charge in [0, 0.05) is 6.20 Å². The van der Waals surface area contributed by atoms with Gasteiger partial charge in [0.2, 0.25) is 0 Å². The third-order valence-corrected chi connectivity index (χ3v) is 2.29. The summed E-state index contributed by atoms with van der Waals surface area (Å²) in [6.45, 7) is 2.95. The minimum Gasteiger partial charge on any atom is -0.479 e. The lowest BCUT2D eigenvalue weighted by atomic mass is 10.3. The van der Waals surface area contributed by atoms with Gasteiger partial charge in [0.1, 0.15) is 5.75 Å². The molecule has 0 spiro atoms. The minimum absolute atomic E-state index is 0.152. The van der Waals surface area contributed by atoms with Crippen molar-refractivity contribution in [3.63, 3.8) is 0 Å². The summed E-state index contributed by atoms with van der Waals surface area (Å²) in [5, 5.41) is 1.36. The normalized spacial score (nSPS) is 17.2. The number of carbonyl (C=O) groups excluding carboxylic acids is 1. The first-order chi connectivity index (χ1) is 7.77. The molecule has 1 saturated heterocycles. The van der Waals surface area contributed by atoms with E-state index in [0.717, 1.165) is 6.42 Å². The van der Waals surface area contributed by atoms with E-state index in [1.165, 1.54) is 5.06 Å². The van der Waals surface area contributed by atoms with Crippen molar-refractivity contribution in [2.45, 2.75) is 19.4 Å². The van der Waals surface area contributed by atoms with Crippen molar-refractivity contribution in [3.8, 4) is 5.75 Å². The fourth-order valence-corrected chi connectivity index (χ4v) is 1.50. The summed E-state index contributed by atoms with van der Waals surface area (Å²) in [4.78, 5) is 20.9. The zero-order chi connectivity index (χ0) is 11.4. The van der Waals surface area contributed by atoms with Crippen molar-refractivity contribution in [3.05, 3.63) is 24.5 Å². The molecule has 1 unspecified atom stereocenters. The van der Waals surface area contributed by atoms with Crippen LogP contribution in [0, 0.1) is 0 Å². The van der Waals surface area contributed by atoms with Gasteiger partial charge in [0.15, 0.2) is 6.10 Å². The van der Waals surface area contributed by atoms with Crippen molar-refractivity contribution >= 4 is 5.91 Å². The number of hydrogen-bond acceptors (Lipinski definition) is 4. The summed E-state index contributed by atoms with van der Waals surface area (Å²) in [5.74, 6) is 0.434. The lowest BCUT2D eigenvalue weighted by Crippen LogP contribution is -2.37. The molecule has 1 fully saturated rings. The third kappa shape index (κ3) is 2.49. The second-order valence-corrected chi connectivity index (χ2v) is 3.58. The monoisotopic (exact) mass is 222 g/mol. The van der Waals surface area contributed by atoms with Gasteiger partial charge in [-0.05, 0) is 25.5 Å². The molecule has 0 radical (unpaired) electrons. The second kappa shape index (κ2) is 4.94. The van der Waals surface area contributed by atoms with Crippen molar-refractivity contribution in [1.82, 2.24) is 10.0 Å². The van der Waals surface area contributed by atoms with E-state index in [-0.39, 0.29) is 5.91 Å². The van der Waals surface area contributed by atoms with Crippen LogP contribution in [-0.2, 0) is 9.63 Å². The summed E-state index contributed by atoms with van der Waals surface area (Å²) in [7, 11) is 0. The number of rotatable bonds is 3. The number of pyridine rings is 1. The first kappa shape index (κ1) is 10.9. The van der Waals surface area contributed by atoms with Crippen LogP contribution in [0.15, 0.2) is 24.5 Å². The highest BCUT2D eigenvalue weighted by Crippen LogP contribution is 2.12. The fourth-order valence-electron chi connectivity index (χ4n) is 1.50. The SMILES string of the molecule is CC(Oc1cccnc1)C(=O)N1CCCO1. The Balaban J connectivity index is 1.92. The molecule has 1 atom stereocenters. The maximum absolute atomic E-state index is 11.8. The van der Waals surface area contributed by atoms with Crippen LogP contribution in [0.25, 0.3) is 0 Å². The van der Waals surface area contributed by atoms with Gasteiger partial charge < -0.3 is 4.74 Å². The van der Waals surface area contributed by atoms with E-state index < -0.39 is 6.10 Å². The predicted molar refractivity (Wildman–Crippen MR) is 56.6 cm³/mol. The van der Waals surface area contributed by atoms with Crippen LogP contribution in [-0.4, -0.2) is 35.2 Å². The number of ether oxygens (including phenoxy) is 1. The summed E-state index contributed by atoms with van der Waals surface area (Å²) in [5.41, 5.74) is 0. The third-order valence-electron chi connectivity index (χ3n) is 2.29. The van der Waals surface area contributed by atoms with Gasteiger partial charge in [-0.1, -0.05) is 0 Å². The van der Waals surface area contributed by atoms with Gasteiger partial charge >= 0.3 is 0 Å². The highest BCUT2D eigenvalue weighted by atomic mass is 16.7. The second-order valence-electron chi connectivity index (χ2n) is 3.58. The van der Waals surface area contributed by atoms with Crippen LogP contribution in [0.2, 0.25) is 0 Å². The average molecular weight is 222 g/mol. The van der Waals surface area contributed by atoms with Gasteiger partial charge in [-0.25, -0.2) is 5.06 Å². The average Bonchev–Trinajstić information content (AvgIpc) is 2.83. The summed E-state index contributed by atoms with van der Waals surface area (Å²) in [6.07, 6.45) is 3.56. The molecule has 1 aliphatic heterocycles. The summed E-state index contributed by atoms with van der Waals surface area (Å²) >= 11 is 0. The van der Waals surface area contributed by atoms with Crippen LogP contribution < -0.4 is 4.74 Å². The molecule has 5 heteroatoms. The highest BCUT2D eigenvalue weighted by Gasteiger charge is 2.25. The molecule has 0 aromatic carbocycles. The molecule has 2 rings (SSSR count). The molecule has 0 N–H and O–H groups in total. The molecular formula is C11H14N2O3. The molecule has 1 aliphatic rings. The van der Waals surface area contributed by atoms with Crippen molar-refractivity contribution in [2.75, 3.05) is 13.2 Å². The lowest BCUT2D eigenvalue weighted by molar-refractivity contribution is -0.175. The van der Waals surface area contributed by atoms with E-state index in [0.29, 0.717) is 18.9 Å². The molecule has 86 valence electrons. The first-order valence-corrected chi connectivity index (χ1v) is 5.28. The Hall–Kier alpha value is -1.62. The van der Waals surface area contributed by atoms with Gasteiger partial charge in [-0.3, -0.25) is 14.6 Å². The number of carbonyl (C=O) groups is 1. The lowest BCUT2D eigenvalue weighted by Gasteiger charge is -2.19. The van der Waals surface area contributed by atoms with E-state index in [4.69, 9.17) is 9.57 Å². The van der Waals surface area contributed by atoms with Crippen LogP contribution in [0.3, 0.4) is 0 Å². The Morgan fingerprint density at radius 3 is 3.19 bits per heavy atom. The Labute approximate surface area is 93.9 Å². The molecule has 0 bridgehead atoms. The number of nitrogens with zero attached hydrogens (tertiary/aromatic N) is 2. The molecule has 0 saturated carbocycles. The van der Waals surface area contributed by atoms with Crippen molar-refractivity contribution < 1.29 is 14.4 Å². The maximum Gasteiger partial charge on any atom is 0.286 e. The number of aromatic nitrogens is 1. The Bertz CT molecular complexity index is 350. The van der Waals surface area contributed by atoms with Crippen molar-refractivity contribution in [1.29, 1.82) is 0 Å². The summed E-state index contributed by atoms with van der Waals surface area (Å²) in [6, 6.07) is 3.53. The Morgan fingerprint density at radius 1 is 1.69 bits per heavy atom. The Morgan fingerprint density at radius 2 is 2.56 bits per heavy atom. The van der Waals surface area contributed by atoms with Crippen LogP contribution in [0.4, 0.5) is 0 Å². The van der Waals surface area contributed by atoms with E-state index in [1.54, 1.807) is 31.5 Å². The predicted octanol–water partition coefficient (Wildman–Crippen LogP) is 1.01. The largest absolute Gasteiger partial charge is 0.479 e. The summed E-state index contributed by atoms with van der Waals surface area (Å²) < 4.78 is 5.45. The Kier molecular flexibility index (Phi) is 3.36. The van der Waals surface area contributed by atoms with Crippen LogP contribution >= 0.6 is 0 Å². The van der Waals surface area contributed by atoms with E-state index in [9.17, 15) is 4.79 Å². The van der Waals surface area contributed by atoms with Gasteiger partial charge in [0.05, 0.1) is 19.3 Å². The number of amides is 1. The molecule has 2 heterocycles. The maximum atomic E-state index is 11.8. The molecule has 0 aliphatic carbocycles. The topological polar surface area (TPSA) is 51.7 Å². The van der Waals surface area contributed by atoms with Crippen molar-refractivity contribution in [2.24, 2.45) is 0 Å². The zero-order valence-corrected chi connectivity index (χ0v) is 9.13. The minimum atomic E-state index is -0.553. The smallest absolute Gasteiger partial charge is 0.286 e. The molecule has 1 amide bonds. The quantitative estimate of drug-likeness (QED) is 0.766. The molecule has 16 heavy (non-hydrogen) atoms. The molecule has 5 nitrogen and oxygen atoms in total. The molecule has 1 aromatic heterocycles. The zero-order valence-electron chi connectivity index (χ0n) is 9.13. The number of hydroxylamine groups is 2. The highest BCUT2D eigenvalue weighted by molar-refractivity contribution is 5.80. The molecular weight excluding hydrogens is 208 g/mol. The van der Waals surface area contributed by atoms with Gasteiger partial charge in [-0.2, -0.15) is 0 Å². The van der Waals surface area contributed by atoms with E-state index in [2.05, 4.69) is 4.98 Å². The van der Waals surface area contributed by atoms with Gasteiger partial charge in [-0.15, -0.1) is 0 Å². The van der Waals surface area contributed by atoms with Crippen LogP contribution in [0.5, 0.6) is 5.75 Å².